The van der Waals surface area contributed by atoms with E-state index >= 15 is 0 Å². The Hall–Kier alpha value is -1.38. The first-order valence-corrected chi connectivity index (χ1v) is 7.87. The highest BCUT2D eigenvalue weighted by Crippen LogP contribution is 2.20. The van der Waals surface area contributed by atoms with Gasteiger partial charge in [-0.3, -0.25) is 4.90 Å². The van der Waals surface area contributed by atoms with Crippen molar-refractivity contribution in [1.82, 2.24) is 4.90 Å². The summed E-state index contributed by atoms with van der Waals surface area (Å²) in [6, 6.07) is 6.56. The zero-order valence-electron chi connectivity index (χ0n) is 14.0. The molecule has 0 saturated carbocycles. The number of carboxylic acids is 1. The van der Waals surface area contributed by atoms with Crippen molar-refractivity contribution in [2.45, 2.75) is 19.4 Å². The monoisotopic (exact) mass is 363 g/mol. The summed E-state index contributed by atoms with van der Waals surface area (Å²) in [5.41, 5.74) is -1.23. The van der Waals surface area contributed by atoms with Crippen LogP contribution >= 0.6 is 11.6 Å². The van der Waals surface area contributed by atoms with Crippen molar-refractivity contribution in [3.8, 4) is 5.75 Å². The van der Waals surface area contributed by atoms with Crippen LogP contribution in [0.4, 0.5) is 0 Å². The van der Waals surface area contributed by atoms with Gasteiger partial charge in [0.15, 0.2) is 5.60 Å². The fraction of sp³-hybridized carbons (Fsp3) is 0.562. The Morgan fingerprint density at radius 2 is 1.46 bits per heavy atom. The van der Waals surface area contributed by atoms with E-state index in [-0.39, 0.29) is 19.8 Å². The van der Waals surface area contributed by atoms with Crippen LogP contribution < -0.4 is 4.74 Å². The van der Waals surface area contributed by atoms with Gasteiger partial charge < -0.3 is 25.2 Å². The van der Waals surface area contributed by atoms with Crippen LogP contribution in [0.2, 0.25) is 5.02 Å². The standard InChI is InChI=1S/C10H11ClO3.C6H15NO3/c1-10(2,9(12)13)14-8-5-3-7(11)4-6-8;8-4-1-7(2-5-9)3-6-10/h3-6H,1-2H3,(H,12,13);8-10H,1-6H2. The third-order valence-corrected chi connectivity index (χ3v) is 3.20. The van der Waals surface area contributed by atoms with Crippen LogP contribution in [-0.2, 0) is 4.79 Å². The molecule has 0 aliphatic rings. The van der Waals surface area contributed by atoms with Crippen LogP contribution in [0, 0.1) is 0 Å². The maximum absolute atomic E-state index is 10.7. The molecule has 0 bridgehead atoms. The number of ether oxygens (including phenoxy) is 1. The molecule has 0 heterocycles. The lowest BCUT2D eigenvalue weighted by atomic mass is 10.1. The molecule has 0 atom stereocenters. The molecular weight excluding hydrogens is 338 g/mol. The summed E-state index contributed by atoms with van der Waals surface area (Å²) in [7, 11) is 0. The average molecular weight is 364 g/mol. The lowest BCUT2D eigenvalue weighted by molar-refractivity contribution is -0.152. The summed E-state index contributed by atoms with van der Waals surface area (Å²) in [6.07, 6.45) is 0. The van der Waals surface area contributed by atoms with Gasteiger partial charge in [0.2, 0.25) is 0 Å². The SMILES string of the molecule is CC(C)(Oc1ccc(Cl)cc1)C(=O)O.OCCN(CCO)CCO. The second-order valence-corrected chi connectivity index (χ2v) is 5.82. The Morgan fingerprint density at radius 1 is 1.04 bits per heavy atom. The van der Waals surface area contributed by atoms with Crippen molar-refractivity contribution in [3.05, 3.63) is 29.3 Å². The van der Waals surface area contributed by atoms with Crippen molar-refractivity contribution in [1.29, 1.82) is 0 Å². The molecule has 0 saturated heterocycles. The lowest BCUT2D eigenvalue weighted by Gasteiger charge is -2.21. The van der Waals surface area contributed by atoms with E-state index in [2.05, 4.69) is 0 Å². The van der Waals surface area contributed by atoms with Crippen molar-refractivity contribution in [2.24, 2.45) is 0 Å². The summed E-state index contributed by atoms with van der Waals surface area (Å²) in [4.78, 5) is 12.5. The van der Waals surface area contributed by atoms with Gasteiger partial charge >= 0.3 is 5.97 Å². The number of aliphatic hydroxyl groups is 3. The predicted octanol–water partition coefficient (Wildman–Crippen LogP) is 0.847. The van der Waals surface area contributed by atoms with Crippen molar-refractivity contribution in [3.63, 3.8) is 0 Å². The molecule has 8 heteroatoms. The Bertz CT molecular complexity index is 452. The molecule has 0 fully saturated rings. The van der Waals surface area contributed by atoms with E-state index in [1.165, 1.54) is 13.8 Å². The Morgan fingerprint density at radius 3 is 1.79 bits per heavy atom. The highest BCUT2D eigenvalue weighted by Gasteiger charge is 2.29. The van der Waals surface area contributed by atoms with Crippen molar-refractivity contribution in [2.75, 3.05) is 39.5 Å². The molecule has 0 aliphatic heterocycles. The number of carboxylic acid groups (broad SMARTS) is 1. The minimum Gasteiger partial charge on any atom is -0.478 e. The molecule has 24 heavy (non-hydrogen) atoms. The lowest BCUT2D eigenvalue weighted by Crippen LogP contribution is -2.37. The summed E-state index contributed by atoms with van der Waals surface area (Å²) < 4.78 is 5.26. The summed E-state index contributed by atoms with van der Waals surface area (Å²) in [5.74, 6) is -0.519. The number of hydrogen-bond donors (Lipinski definition) is 4. The fourth-order valence-electron chi connectivity index (χ4n) is 1.60. The highest BCUT2D eigenvalue weighted by molar-refractivity contribution is 6.30. The Kier molecular flexibility index (Phi) is 11.4. The zero-order chi connectivity index (χ0) is 18.6. The maximum atomic E-state index is 10.7. The Labute approximate surface area is 147 Å². The van der Waals surface area contributed by atoms with E-state index in [1.807, 2.05) is 0 Å². The number of aliphatic carboxylic acids is 1. The highest BCUT2D eigenvalue weighted by atomic mass is 35.5. The molecule has 0 amide bonds. The second kappa shape index (κ2) is 12.0. The van der Waals surface area contributed by atoms with E-state index < -0.39 is 11.6 Å². The number of hydrogen-bond acceptors (Lipinski definition) is 6. The van der Waals surface area contributed by atoms with Gasteiger partial charge in [0.05, 0.1) is 19.8 Å². The fourth-order valence-corrected chi connectivity index (χ4v) is 1.73. The minimum absolute atomic E-state index is 0.0694. The van der Waals surface area contributed by atoms with Crippen LogP contribution in [0.25, 0.3) is 0 Å². The maximum Gasteiger partial charge on any atom is 0.347 e. The van der Waals surface area contributed by atoms with Gasteiger partial charge in [-0.05, 0) is 38.1 Å². The van der Waals surface area contributed by atoms with E-state index in [0.29, 0.717) is 30.4 Å². The molecule has 0 spiro atoms. The van der Waals surface area contributed by atoms with Crippen LogP contribution in [0.1, 0.15) is 13.8 Å². The van der Waals surface area contributed by atoms with Crippen LogP contribution in [0.3, 0.4) is 0 Å². The summed E-state index contributed by atoms with van der Waals surface area (Å²) in [5, 5.41) is 34.8. The third kappa shape index (κ3) is 9.69. The van der Waals surface area contributed by atoms with E-state index in [4.69, 9.17) is 36.8 Å². The first-order valence-electron chi connectivity index (χ1n) is 7.49. The predicted molar refractivity (Wildman–Crippen MR) is 91.5 cm³/mol. The molecule has 4 N–H and O–H groups in total. The van der Waals surface area contributed by atoms with Crippen LogP contribution in [0.5, 0.6) is 5.75 Å². The first kappa shape index (κ1) is 22.6. The van der Waals surface area contributed by atoms with Crippen molar-refractivity contribution >= 4 is 17.6 Å². The largest absolute Gasteiger partial charge is 0.478 e. The molecule has 7 nitrogen and oxygen atoms in total. The average Bonchev–Trinajstić information content (AvgIpc) is 2.51. The zero-order valence-corrected chi connectivity index (χ0v) is 14.7. The number of rotatable bonds is 9. The number of halogens is 1. The van der Waals surface area contributed by atoms with Gasteiger partial charge in [0, 0.05) is 24.7 Å². The number of nitrogens with zero attached hydrogens (tertiary/aromatic N) is 1. The van der Waals surface area contributed by atoms with Gasteiger partial charge in [-0.1, -0.05) is 11.6 Å². The number of carbonyl (C=O) groups is 1. The van der Waals surface area contributed by atoms with Crippen LogP contribution in [-0.4, -0.2) is 76.4 Å². The summed E-state index contributed by atoms with van der Waals surface area (Å²) in [6.45, 7) is 4.73. The minimum atomic E-state index is -1.23. The smallest absolute Gasteiger partial charge is 0.347 e. The van der Waals surface area contributed by atoms with Gasteiger partial charge in [-0.25, -0.2) is 4.79 Å². The van der Waals surface area contributed by atoms with E-state index in [1.54, 1.807) is 29.2 Å². The normalized spacial score (nSPS) is 11.0. The quantitative estimate of drug-likeness (QED) is 0.514. The van der Waals surface area contributed by atoms with Gasteiger partial charge in [0.1, 0.15) is 5.75 Å². The van der Waals surface area contributed by atoms with Gasteiger partial charge in [-0.2, -0.15) is 0 Å². The first-order chi connectivity index (χ1) is 11.3. The van der Waals surface area contributed by atoms with Crippen molar-refractivity contribution < 1.29 is 30.0 Å². The Balaban J connectivity index is 0.000000470. The number of benzene rings is 1. The molecule has 0 unspecified atom stereocenters. The molecule has 0 aliphatic carbocycles. The third-order valence-electron chi connectivity index (χ3n) is 2.95. The van der Waals surface area contributed by atoms with Gasteiger partial charge in [0.25, 0.3) is 0 Å². The van der Waals surface area contributed by atoms with Gasteiger partial charge in [-0.15, -0.1) is 0 Å². The second-order valence-electron chi connectivity index (χ2n) is 5.38. The molecule has 1 rings (SSSR count). The van der Waals surface area contributed by atoms with E-state index in [0.717, 1.165) is 0 Å². The number of aliphatic hydroxyl groups excluding tert-OH is 3. The van der Waals surface area contributed by atoms with E-state index in [9.17, 15) is 4.79 Å². The summed E-state index contributed by atoms with van der Waals surface area (Å²) >= 11 is 5.67. The topological polar surface area (TPSA) is 110 Å². The molecule has 0 aromatic heterocycles. The molecule has 1 aromatic rings. The molecular formula is C16H26ClNO6. The molecule has 0 radical (unpaired) electrons. The molecule has 1 aromatic carbocycles. The van der Waals surface area contributed by atoms with Crippen LogP contribution in [0.15, 0.2) is 24.3 Å². The molecule has 138 valence electrons.